The molecule has 2 aromatic carbocycles. The summed E-state index contributed by atoms with van der Waals surface area (Å²) in [7, 11) is 0.274. The van der Waals surface area contributed by atoms with Crippen LogP contribution < -0.4 is 14.4 Å². The lowest BCUT2D eigenvalue weighted by atomic mass is 9.94. The van der Waals surface area contributed by atoms with Gasteiger partial charge in [0.05, 0.1) is 15.1 Å². The zero-order chi connectivity index (χ0) is 26.3. The monoisotopic (exact) mass is 580 g/mol. The molecule has 0 saturated carbocycles. The Morgan fingerprint density at radius 3 is 2.32 bits per heavy atom. The summed E-state index contributed by atoms with van der Waals surface area (Å²) < 4.78 is 40.0. The molecule has 3 heterocycles. The Hall–Kier alpha value is -2.44. The number of thiazole rings is 1. The fraction of sp³-hybridized carbons (Fsp3) is 0.462. The third-order valence-electron chi connectivity index (χ3n) is 6.69. The van der Waals surface area contributed by atoms with Gasteiger partial charge in [-0.1, -0.05) is 25.2 Å². The van der Waals surface area contributed by atoms with E-state index in [4.69, 9.17) is 14.5 Å². The molecule has 1 amide bonds. The molecule has 2 unspecified atom stereocenters. The number of hydrogen-bond donors (Lipinski definition) is 0. The Morgan fingerprint density at radius 1 is 1.05 bits per heavy atom. The van der Waals surface area contributed by atoms with Crippen LogP contribution in [0.2, 0.25) is 0 Å². The number of aromatic nitrogens is 1. The predicted octanol–water partition coefficient (Wildman–Crippen LogP) is 4.32. The second-order valence-electron chi connectivity index (χ2n) is 10.2. The van der Waals surface area contributed by atoms with E-state index in [1.54, 1.807) is 21.3 Å². The summed E-state index contributed by atoms with van der Waals surface area (Å²) in [4.78, 5) is 22.2. The Bertz CT molecular complexity index is 1360. The molecule has 0 aliphatic carbocycles. The van der Waals surface area contributed by atoms with Gasteiger partial charge in [-0.25, -0.2) is 13.4 Å². The maximum Gasteiger partial charge on any atom is 0.260 e. The van der Waals surface area contributed by atoms with Gasteiger partial charge in [0.2, 0.25) is 16.8 Å². The van der Waals surface area contributed by atoms with Crippen molar-refractivity contribution in [3.05, 3.63) is 42.0 Å². The number of rotatable bonds is 7. The highest BCUT2D eigenvalue weighted by atomic mass is 35.5. The first-order chi connectivity index (χ1) is 17.6. The van der Waals surface area contributed by atoms with E-state index in [0.717, 1.165) is 16.6 Å². The van der Waals surface area contributed by atoms with Gasteiger partial charge in [0, 0.05) is 43.9 Å². The standard InChI is InChI=1S/C26H32N4O5S2.ClH/c1-17-11-18(2)15-29(14-17)37(32,33)20-7-5-19(6-8-20)25(31)30(10-9-28(3)4)26-27-21-12-22-23(35-16-34-22)13-24(21)36-26;/h5-8,12-13,17-18H,9-11,14-16H2,1-4H3;1H. The lowest BCUT2D eigenvalue weighted by Crippen LogP contribution is -2.42. The average Bonchev–Trinajstić information content (AvgIpc) is 3.47. The van der Waals surface area contributed by atoms with Gasteiger partial charge in [-0.05, 0) is 56.6 Å². The Kier molecular flexibility index (Phi) is 8.53. The summed E-state index contributed by atoms with van der Waals surface area (Å²) in [5.74, 6) is 1.72. The fourth-order valence-corrected chi connectivity index (χ4v) is 7.56. The Morgan fingerprint density at radius 2 is 1.68 bits per heavy atom. The van der Waals surface area contributed by atoms with E-state index in [1.165, 1.54) is 23.5 Å². The minimum atomic E-state index is -3.62. The smallest absolute Gasteiger partial charge is 0.260 e. The quantitative estimate of drug-likeness (QED) is 0.411. The van der Waals surface area contributed by atoms with Crippen LogP contribution in [0.5, 0.6) is 11.5 Å². The fourth-order valence-electron chi connectivity index (χ4n) is 4.88. The molecule has 2 aliphatic heterocycles. The van der Waals surface area contributed by atoms with E-state index in [-0.39, 0.29) is 30.0 Å². The van der Waals surface area contributed by atoms with E-state index in [1.807, 2.05) is 31.1 Å². The minimum absolute atomic E-state index is 0. The Labute approximate surface area is 233 Å². The predicted molar refractivity (Wildman–Crippen MR) is 151 cm³/mol. The first kappa shape index (κ1) is 28.6. The van der Waals surface area contributed by atoms with E-state index in [0.29, 0.717) is 60.2 Å². The molecule has 9 nitrogen and oxygen atoms in total. The summed E-state index contributed by atoms with van der Waals surface area (Å²) in [6.45, 7) is 6.46. The molecule has 0 N–H and O–H groups in total. The molecule has 206 valence electrons. The van der Waals surface area contributed by atoms with Crippen LogP contribution >= 0.6 is 23.7 Å². The van der Waals surface area contributed by atoms with Crippen LogP contribution in [0.4, 0.5) is 5.13 Å². The van der Waals surface area contributed by atoms with Crippen molar-refractivity contribution in [2.24, 2.45) is 11.8 Å². The molecule has 2 atom stereocenters. The molecule has 12 heteroatoms. The van der Waals surface area contributed by atoms with E-state index in [2.05, 4.69) is 13.8 Å². The van der Waals surface area contributed by atoms with Crippen molar-refractivity contribution in [2.45, 2.75) is 25.2 Å². The number of halogens is 1. The molecule has 38 heavy (non-hydrogen) atoms. The number of anilines is 1. The van der Waals surface area contributed by atoms with E-state index < -0.39 is 10.0 Å². The number of benzene rings is 2. The highest BCUT2D eigenvalue weighted by molar-refractivity contribution is 7.89. The minimum Gasteiger partial charge on any atom is -0.454 e. The van der Waals surface area contributed by atoms with E-state index in [9.17, 15) is 13.2 Å². The molecule has 1 aromatic heterocycles. The van der Waals surface area contributed by atoms with Gasteiger partial charge in [-0.15, -0.1) is 12.4 Å². The number of amides is 1. The normalized spacial score (nSPS) is 19.5. The zero-order valence-electron chi connectivity index (χ0n) is 21.9. The molecule has 0 spiro atoms. The average molecular weight is 581 g/mol. The third kappa shape index (κ3) is 5.76. The van der Waals surface area contributed by atoms with Crippen molar-refractivity contribution in [1.29, 1.82) is 0 Å². The molecule has 0 radical (unpaired) electrons. The van der Waals surface area contributed by atoms with Crippen molar-refractivity contribution in [2.75, 3.05) is 52.0 Å². The molecule has 1 saturated heterocycles. The number of carbonyl (C=O) groups excluding carboxylic acids is 1. The van der Waals surface area contributed by atoms with Gasteiger partial charge in [-0.2, -0.15) is 4.31 Å². The summed E-state index contributed by atoms with van der Waals surface area (Å²) in [6, 6.07) is 9.97. The van der Waals surface area contributed by atoms with Crippen LogP contribution in [0.3, 0.4) is 0 Å². The van der Waals surface area contributed by atoms with Crippen LogP contribution in [0.1, 0.15) is 30.6 Å². The van der Waals surface area contributed by atoms with Crippen LogP contribution in [-0.2, 0) is 10.0 Å². The van der Waals surface area contributed by atoms with Crippen LogP contribution in [0.15, 0.2) is 41.3 Å². The zero-order valence-corrected chi connectivity index (χ0v) is 24.4. The largest absolute Gasteiger partial charge is 0.454 e. The van der Waals surface area contributed by atoms with Crippen molar-refractivity contribution in [3.63, 3.8) is 0 Å². The van der Waals surface area contributed by atoms with Gasteiger partial charge in [0.1, 0.15) is 0 Å². The van der Waals surface area contributed by atoms with Gasteiger partial charge >= 0.3 is 0 Å². The summed E-state index contributed by atoms with van der Waals surface area (Å²) in [5, 5.41) is 0.568. The van der Waals surface area contributed by atoms with Gasteiger partial charge in [-0.3, -0.25) is 9.69 Å². The highest BCUT2D eigenvalue weighted by Crippen LogP contribution is 2.40. The number of piperidine rings is 1. The molecule has 0 bridgehead atoms. The second kappa shape index (κ2) is 11.4. The molecular weight excluding hydrogens is 548 g/mol. The molecule has 2 aliphatic rings. The van der Waals surface area contributed by atoms with Gasteiger partial charge < -0.3 is 14.4 Å². The maximum atomic E-state index is 13.6. The summed E-state index contributed by atoms with van der Waals surface area (Å²) >= 11 is 1.41. The summed E-state index contributed by atoms with van der Waals surface area (Å²) in [6.07, 6.45) is 1.02. The number of sulfonamides is 1. The van der Waals surface area contributed by atoms with Crippen LogP contribution in [0.25, 0.3) is 10.2 Å². The van der Waals surface area contributed by atoms with Gasteiger partial charge in [0.15, 0.2) is 16.6 Å². The van der Waals surface area contributed by atoms with Crippen molar-refractivity contribution in [1.82, 2.24) is 14.2 Å². The first-order valence-corrected chi connectivity index (χ1v) is 14.6. The second-order valence-corrected chi connectivity index (χ2v) is 13.2. The lowest BCUT2D eigenvalue weighted by Gasteiger charge is -2.34. The van der Waals surface area contributed by atoms with Gasteiger partial charge in [0.25, 0.3) is 5.91 Å². The lowest BCUT2D eigenvalue weighted by molar-refractivity contribution is 0.0985. The number of ether oxygens (including phenoxy) is 2. The van der Waals surface area contributed by atoms with Crippen molar-refractivity contribution >= 4 is 55.0 Å². The number of carbonyl (C=O) groups is 1. The highest BCUT2D eigenvalue weighted by Gasteiger charge is 2.32. The first-order valence-electron chi connectivity index (χ1n) is 12.4. The Balaban J connectivity index is 0.00000336. The number of nitrogens with zero attached hydrogens (tertiary/aromatic N) is 4. The van der Waals surface area contributed by atoms with E-state index >= 15 is 0 Å². The molecule has 3 aromatic rings. The van der Waals surface area contributed by atoms with Crippen LogP contribution in [0, 0.1) is 11.8 Å². The van der Waals surface area contributed by atoms with Crippen LogP contribution in [-0.4, -0.2) is 75.6 Å². The topological polar surface area (TPSA) is 92.3 Å². The molecule has 5 rings (SSSR count). The molecule has 1 fully saturated rings. The molecular formula is C26H33ClN4O5S2. The van der Waals surface area contributed by atoms with Crippen molar-refractivity contribution in [3.8, 4) is 11.5 Å². The number of fused-ring (bicyclic) bond motifs is 2. The summed E-state index contributed by atoms with van der Waals surface area (Å²) in [5.41, 5.74) is 1.14. The SMILES string of the molecule is CC1CC(C)CN(S(=O)(=O)c2ccc(C(=O)N(CCN(C)C)c3nc4cc5c(cc4s3)OCO5)cc2)C1.Cl. The third-order valence-corrected chi connectivity index (χ3v) is 9.58. The maximum absolute atomic E-state index is 13.6. The number of hydrogen-bond acceptors (Lipinski definition) is 8. The number of likely N-dealkylation sites (N-methyl/N-ethyl adjacent to an activating group) is 1. The van der Waals surface area contributed by atoms with Crippen molar-refractivity contribution < 1.29 is 22.7 Å².